The van der Waals surface area contributed by atoms with Crippen molar-refractivity contribution in [2.45, 2.75) is 6.42 Å². The first-order chi connectivity index (χ1) is 8.34. The van der Waals surface area contributed by atoms with Crippen LogP contribution in [0, 0.1) is 0 Å². The Hall–Kier alpha value is -0.230. The molecule has 1 aromatic heterocycles. The smallest absolute Gasteiger partial charge is 0.0363 e. The lowest BCUT2D eigenvalue weighted by Crippen LogP contribution is -2.41. The van der Waals surface area contributed by atoms with Crippen LogP contribution in [0.5, 0.6) is 0 Å². The van der Waals surface area contributed by atoms with E-state index in [9.17, 15) is 4.21 Å². The normalized spacial score (nSPS) is 18.6. The molecule has 0 aliphatic carbocycles. The Morgan fingerprint density at radius 1 is 1.35 bits per heavy atom. The topological polar surface area (TPSA) is 32.3 Å². The van der Waals surface area contributed by atoms with Crippen LogP contribution in [0.4, 0.5) is 0 Å². The number of thiophene rings is 1. The molecule has 1 saturated heterocycles. The first kappa shape index (κ1) is 13.2. The van der Waals surface area contributed by atoms with Gasteiger partial charge in [-0.1, -0.05) is 6.07 Å². The molecule has 3 nitrogen and oxygen atoms in total. The molecule has 5 heteroatoms. The summed E-state index contributed by atoms with van der Waals surface area (Å²) in [6.07, 6.45) is 1.13. The third kappa shape index (κ3) is 4.87. The Bertz CT molecular complexity index is 330. The van der Waals surface area contributed by atoms with Gasteiger partial charge in [-0.15, -0.1) is 11.3 Å². The fraction of sp³-hybridized carbons (Fsp3) is 0.667. The SMILES string of the molecule is O=S1CCN(CCNCCc2cccs2)CC1. The van der Waals surface area contributed by atoms with Gasteiger partial charge >= 0.3 is 0 Å². The zero-order chi connectivity index (χ0) is 11.9. The summed E-state index contributed by atoms with van der Waals surface area (Å²) in [6.45, 7) is 5.18. The lowest BCUT2D eigenvalue weighted by Gasteiger charge is -2.25. The van der Waals surface area contributed by atoms with E-state index in [4.69, 9.17) is 0 Å². The lowest BCUT2D eigenvalue weighted by molar-refractivity contribution is 0.298. The van der Waals surface area contributed by atoms with Crippen molar-refractivity contribution in [1.29, 1.82) is 0 Å². The second-order valence-electron chi connectivity index (χ2n) is 4.27. The average molecular weight is 272 g/mol. The first-order valence-corrected chi connectivity index (χ1v) is 8.52. The monoisotopic (exact) mass is 272 g/mol. The molecule has 0 atom stereocenters. The third-order valence-corrected chi connectivity index (χ3v) is 5.22. The van der Waals surface area contributed by atoms with E-state index in [2.05, 4.69) is 27.7 Å². The van der Waals surface area contributed by atoms with E-state index in [1.54, 1.807) is 0 Å². The summed E-state index contributed by atoms with van der Waals surface area (Å²) >= 11 is 1.83. The summed E-state index contributed by atoms with van der Waals surface area (Å²) in [5, 5.41) is 5.60. The minimum absolute atomic E-state index is 0.551. The molecule has 2 rings (SSSR count). The fourth-order valence-corrected chi connectivity index (χ4v) is 3.76. The van der Waals surface area contributed by atoms with Crippen LogP contribution in [0.15, 0.2) is 17.5 Å². The van der Waals surface area contributed by atoms with Gasteiger partial charge in [0.1, 0.15) is 0 Å². The van der Waals surface area contributed by atoms with E-state index in [0.717, 1.165) is 50.7 Å². The van der Waals surface area contributed by atoms with Crippen LogP contribution < -0.4 is 5.32 Å². The van der Waals surface area contributed by atoms with Crippen molar-refractivity contribution >= 4 is 22.1 Å². The van der Waals surface area contributed by atoms with E-state index in [1.807, 2.05) is 11.3 Å². The van der Waals surface area contributed by atoms with Gasteiger partial charge in [0.25, 0.3) is 0 Å². The Kier molecular flexibility index (Phi) is 5.64. The molecule has 1 N–H and O–H groups in total. The summed E-state index contributed by atoms with van der Waals surface area (Å²) in [5.41, 5.74) is 0. The van der Waals surface area contributed by atoms with Crippen LogP contribution in [0.1, 0.15) is 4.88 Å². The van der Waals surface area contributed by atoms with Gasteiger partial charge in [-0.2, -0.15) is 0 Å². The minimum atomic E-state index is -0.551. The van der Waals surface area contributed by atoms with E-state index >= 15 is 0 Å². The highest BCUT2D eigenvalue weighted by atomic mass is 32.2. The number of nitrogens with one attached hydrogen (secondary N) is 1. The summed E-state index contributed by atoms with van der Waals surface area (Å²) in [4.78, 5) is 3.85. The Balaban J connectivity index is 1.50. The molecule has 96 valence electrons. The zero-order valence-corrected chi connectivity index (χ0v) is 11.7. The van der Waals surface area contributed by atoms with Gasteiger partial charge in [0.05, 0.1) is 0 Å². The van der Waals surface area contributed by atoms with Gasteiger partial charge in [0, 0.05) is 59.9 Å². The zero-order valence-electron chi connectivity index (χ0n) is 10.1. The second kappa shape index (κ2) is 7.26. The molecule has 0 radical (unpaired) electrons. The van der Waals surface area contributed by atoms with Gasteiger partial charge in [0.2, 0.25) is 0 Å². The molecular formula is C12H20N2OS2. The molecule has 0 unspecified atom stereocenters. The van der Waals surface area contributed by atoms with E-state index in [1.165, 1.54) is 4.88 Å². The predicted octanol–water partition coefficient (Wildman–Crippen LogP) is 0.944. The van der Waals surface area contributed by atoms with Crippen molar-refractivity contribution < 1.29 is 4.21 Å². The molecule has 1 aliphatic heterocycles. The molecular weight excluding hydrogens is 252 g/mol. The maximum Gasteiger partial charge on any atom is 0.0363 e. The van der Waals surface area contributed by atoms with Gasteiger partial charge in [-0.3, -0.25) is 4.21 Å². The minimum Gasteiger partial charge on any atom is -0.315 e. The molecule has 0 saturated carbocycles. The Morgan fingerprint density at radius 3 is 2.88 bits per heavy atom. The first-order valence-electron chi connectivity index (χ1n) is 6.15. The van der Waals surface area contributed by atoms with E-state index < -0.39 is 10.8 Å². The molecule has 0 amide bonds. The molecule has 0 aromatic carbocycles. The van der Waals surface area contributed by atoms with Crippen LogP contribution in [0.25, 0.3) is 0 Å². The molecule has 2 heterocycles. The third-order valence-electron chi connectivity index (χ3n) is 3.00. The fourth-order valence-electron chi connectivity index (χ4n) is 1.93. The molecule has 0 spiro atoms. The summed E-state index contributed by atoms with van der Waals surface area (Å²) in [7, 11) is -0.551. The van der Waals surface area contributed by atoms with Crippen molar-refractivity contribution in [1.82, 2.24) is 10.2 Å². The second-order valence-corrected chi connectivity index (χ2v) is 7.00. The van der Waals surface area contributed by atoms with Crippen molar-refractivity contribution in [2.75, 3.05) is 44.2 Å². The van der Waals surface area contributed by atoms with Gasteiger partial charge in [-0.05, 0) is 17.9 Å². The number of nitrogens with zero attached hydrogens (tertiary/aromatic N) is 1. The number of rotatable bonds is 6. The number of hydrogen-bond acceptors (Lipinski definition) is 4. The standard InChI is InChI=1S/C12H20N2OS2/c15-17-10-7-14(8-11-17)6-5-13-4-3-12-2-1-9-16-12/h1-2,9,13H,3-8,10-11H2. The summed E-state index contributed by atoms with van der Waals surface area (Å²) in [5.74, 6) is 1.71. The molecule has 1 aliphatic rings. The largest absolute Gasteiger partial charge is 0.315 e. The Labute approximate surface area is 110 Å². The van der Waals surface area contributed by atoms with E-state index in [-0.39, 0.29) is 0 Å². The van der Waals surface area contributed by atoms with Gasteiger partial charge in [-0.25, -0.2) is 0 Å². The van der Waals surface area contributed by atoms with Crippen molar-refractivity contribution in [2.24, 2.45) is 0 Å². The van der Waals surface area contributed by atoms with Crippen molar-refractivity contribution in [3.05, 3.63) is 22.4 Å². The predicted molar refractivity (Wildman–Crippen MR) is 75.2 cm³/mol. The summed E-state index contributed by atoms with van der Waals surface area (Å²) < 4.78 is 11.2. The van der Waals surface area contributed by atoms with Crippen LogP contribution in [0.3, 0.4) is 0 Å². The maximum absolute atomic E-state index is 11.2. The summed E-state index contributed by atoms with van der Waals surface area (Å²) in [6, 6.07) is 4.29. The van der Waals surface area contributed by atoms with Gasteiger partial charge < -0.3 is 10.2 Å². The van der Waals surface area contributed by atoms with Gasteiger partial charge in [0.15, 0.2) is 0 Å². The van der Waals surface area contributed by atoms with Crippen LogP contribution >= 0.6 is 11.3 Å². The highest BCUT2D eigenvalue weighted by Crippen LogP contribution is 2.07. The quantitative estimate of drug-likeness (QED) is 0.783. The molecule has 1 aromatic rings. The number of hydrogen-bond donors (Lipinski definition) is 1. The van der Waals surface area contributed by atoms with E-state index in [0.29, 0.717) is 0 Å². The van der Waals surface area contributed by atoms with Crippen LogP contribution in [0.2, 0.25) is 0 Å². The average Bonchev–Trinajstić information content (AvgIpc) is 2.84. The van der Waals surface area contributed by atoms with Crippen LogP contribution in [-0.4, -0.2) is 53.3 Å². The lowest BCUT2D eigenvalue weighted by atomic mass is 10.3. The Morgan fingerprint density at radius 2 is 2.18 bits per heavy atom. The van der Waals surface area contributed by atoms with Crippen molar-refractivity contribution in [3.8, 4) is 0 Å². The van der Waals surface area contributed by atoms with Crippen molar-refractivity contribution in [3.63, 3.8) is 0 Å². The van der Waals surface area contributed by atoms with Crippen LogP contribution in [-0.2, 0) is 17.2 Å². The maximum atomic E-state index is 11.2. The highest BCUT2D eigenvalue weighted by molar-refractivity contribution is 7.85. The molecule has 0 bridgehead atoms. The highest BCUT2D eigenvalue weighted by Gasteiger charge is 2.13. The molecule has 17 heavy (non-hydrogen) atoms. The molecule has 1 fully saturated rings.